The zero-order valence-electron chi connectivity index (χ0n) is 11.1. The highest BCUT2D eigenvalue weighted by Gasteiger charge is 2.34. The Morgan fingerprint density at radius 1 is 1.15 bits per heavy atom. The number of hydrogen-bond donors (Lipinski definition) is 0. The molecule has 0 atom stereocenters. The van der Waals surface area contributed by atoms with Crippen molar-refractivity contribution in [2.45, 2.75) is 20.0 Å². The van der Waals surface area contributed by atoms with Crippen molar-refractivity contribution in [1.82, 2.24) is 0 Å². The van der Waals surface area contributed by atoms with E-state index in [1.807, 2.05) is 18.7 Å². The Balaban J connectivity index is 2.72. The highest BCUT2D eigenvalue weighted by molar-refractivity contribution is 5.84. The molecule has 0 unspecified atom stereocenters. The van der Waals surface area contributed by atoms with Crippen molar-refractivity contribution in [3.8, 4) is 0 Å². The van der Waals surface area contributed by atoms with Crippen LogP contribution in [0.1, 0.15) is 19.4 Å². The van der Waals surface area contributed by atoms with E-state index in [0.717, 1.165) is 0 Å². The Hall–Kier alpha value is -1.98. The molecule has 1 aromatic heterocycles. The van der Waals surface area contributed by atoms with Crippen LogP contribution in [0.25, 0.3) is 11.0 Å². The largest absolute Gasteiger partial charge is 0.423 e. The zero-order chi connectivity index (χ0) is 14.9. The first kappa shape index (κ1) is 14.4. The molecule has 20 heavy (non-hydrogen) atoms. The summed E-state index contributed by atoms with van der Waals surface area (Å²) in [6, 6.07) is 4.96. The summed E-state index contributed by atoms with van der Waals surface area (Å²) >= 11 is 0. The van der Waals surface area contributed by atoms with Crippen molar-refractivity contribution in [2.24, 2.45) is 0 Å². The third-order valence-corrected chi connectivity index (χ3v) is 3.16. The molecule has 0 aliphatic heterocycles. The quantitative estimate of drug-likeness (QED) is 0.807. The maximum atomic E-state index is 13.0. The summed E-state index contributed by atoms with van der Waals surface area (Å²) in [6.07, 6.45) is -4.59. The fourth-order valence-electron chi connectivity index (χ4n) is 2.17. The fraction of sp³-hybridized carbons (Fsp3) is 0.357. The molecule has 0 amide bonds. The Kier molecular flexibility index (Phi) is 3.74. The molecule has 0 aliphatic carbocycles. The average Bonchev–Trinajstić information content (AvgIpc) is 2.38. The normalized spacial score (nSPS) is 11.8. The predicted molar refractivity (Wildman–Crippen MR) is 71.0 cm³/mol. The van der Waals surface area contributed by atoms with E-state index in [9.17, 15) is 18.0 Å². The van der Waals surface area contributed by atoms with Gasteiger partial charge < -0.3 is 9.32 Å². The van der Waals surface area contributed by atoms with E-state index in [2.05, 4.69) is 0 Å². The number of benzene rings is 1. The van der Waals surface area contributed by atoms with Gasteiger partial charge in [-0.05, 0) is 32.0 Å². The number of halogens is 3. The highest BCUT2D eigenvalue weighted by Crippen LogP contribution is 2.35. The molecular formula is C14H14F3NO2. The van der Waals surface area contributed by atoms with Crippen LogP contribution < -0.4 is 10.5 Å². The molecule has 3 nitrogen and oxygen atoms in total. The third-order valence-electron chi connectivity index (χ3n) is 3.16. The monoisotopic (exact) mass is 285 g/mol. The van der Waals surface area contributed by atoms with E-state index in [4.69, 9.17) is 4.42 Å². The molecule has 0 bridgehead atoms. The van der Waals surface area contributed by atoms with Crippen molar-refractivity contribution in [1.29, 1.82) is 0 Å². The summed E-state index contributed by atoms with van der Waals surface area (Å²) in [5.74, 6) is 0. The Bertz CT molecular complexity index is 672. The molecule has 0 saturated heterocycles. The van der Waals surface area contributed by atoms with Gasteiger partial charge in [0.15, 0.2) is 0 Å². The second-order valence-electron chi connectivity index (χ2n) is 4.33. The first-order chi connectivity index (χ1) is 9.36. The number of hydrogen-bond acceptors (Lipinski definition) is 3. The lowest BCUT2D eigenvalue weighted by Crippen LogP contribution is -2.21. The average molecular weight is 285 g/mol. The summed E-state index contributed by atoms with van der Waals surface area (Å²) in [4.78, 5) is 13.1. The van der Waals surface area contributed by atoms with Crippen LogP contribution in [-0.4, -0.2) is 13.1 Å². The molecule has 0 fully saturated rings. The van der Waals surface area contributed by atoms with Crippen LogP contribution in [0.2, 0.25) is 0 Å². The SMILES string of the molecule is CCN(CC)c1ccc2oc(=O)cc(C(F)(F)F)c2c1. The van der Waals surface area contributed by atoms with Crippen LogP contribution in [0.4, 0.5) is 18.9 Å². The van der Waals surface area contributed by atoms with Crippen LogP contribution in [0.5, 0.6) is 0 Å². The molecule has 0 N–H and O–H groups in total. The van der Waals surface area contributed by atoms with Crippen LogP contribution in [-0.2, 0) is 6.18 Å². The van der Waals surface area contributed by atoms with Crippen molar-refractivity contribution in [3.05, 3.63) is 40.2 Å². The highest BCUT2D eigenvalue weighted by atomic mass is 19.4. The molecule has 0 aliphatic rings. The molecule has 1 aromatic carbocycles. The van der Waals surface area contributed by atoms with Gasteiger partial charge in [0.25, 0.3) is 0 Å². The number of anilines is 1. The van der Waals surface area contributed by atoms with Gasteiger partial charge in [-0.2, -0.15) is 13.2 Å². The van der Waals surface area contributed by atoms with Crippen LogP contribution >= 0.6 is 0 Å². The van der Waals surface area contributed by atoms with Crippen LogP contribution in [0.15, 0.2) is 33.5 Å². The van der Waals surface area contributed by atoms with Crippen molar-refractivity contribution in [3.63, 3.8) is 0 Å². The number of nitrogens with zero attached hydrogens (tertiary/aromatic N) is 1. The Labute approximate surface area is 113 Å². The van der Waals surface area contributed by atoms with E-state index in [1.165, 1.54) is 12.1 Å². The smallest absolute Gasteiger partial charge is 0.417 e. The van der Waals surface area contributed by atoms with Crippen LogP contribution in [0, 0.1) is 0 Å². The molecule has 2 rings (SSSR count). The number of alkyl halides is 3. The van der Waals surface area contributed by atoms with Crippen molar-refractivity contribution < 1.29 is 17.6 Å². The fourth-order valence-corrected chi connectivity index (χ4v) is 2.17. The molecule has 1 heterocycles. The van der Waals surface area contributed by atoms with Gasteiger partial charge in [-0.25, -0.2) is 4.79 Å². The minimum absolute atomic E-state index is 0.0549. The summed E-state index contributed by atoms with van der Waals surface area (Å²) in [6.45, 7) is 5.20. The van der Waals surface area contributed by atoms with E-state index < -0.39 is 17.4 Å². The molecule has 2 aromatic rings. The van der Waals surface area contributed by atoms with Crippen molar-refractivity contribution >= 4 is 16.7 Å². The summed E-state index contributed by atoms with van der Waals surface area (Å²) in [5, 5.41) is -0.0958. The molecule has 108 valence electrons. The van der Waals surface area contributed by atoms with Gasteiger partial charge in [-0.15, -0.1) is 0 Å². The maximum Gasteiger partial charge on any atom is 0.417 e. The first-order valence-electron chi connectivity index (χ1n) is 6.26. The standard InChI is InChI=1S/C14H14F3NO2/c1-3-18(4-2)9-5-6-12-10(7-9)11(14(15,16)17)8-13(19)20-12/h5-8H,3-4H2,1-2H3. The van der Waals surface area contributed by atoms with Crippen LogP contribution in [0.3, 0.4) is 0 Å². The third kappa shape index (κ3) is 2.64. The predicted octanol–water partition coefficient (Wildman–Crippen LogP) is 3.66. The lowest BCUT2D eigenvalue weighted by molar-refractivity contribution is -0.136. The minimum atomic E-state index is -4.59. The van der Waals surface area contributed by atoms with E-state index >= 15 is 0 Å². The summed E-state index contributed by atoms with van der Waals surface area (Å²) in [5.41, 5.74) is -1.35. The lowest BCUT2D eigenvalue weighted by atomic mass is 10.1. The summed E-state index contributed by atoms with van der Waals surface area (Å²) in [7, 11) is 0. The van der Waals surface area contributed by atoms with Gasteiger partial charge in [0, 0.05) is 30.2 Å². The molecule has 0 radical (unpaired) electrons. The Morgan fingerprint density at radius 2 is 1.80 bits per heavy atom. The molecule has 6 heteroatoms. The van der Waals surface area contributed by atoms with Gasteiger partial charge in [0.1, 0.15) is 5.58 Å². The minimum Gasteiger partial charge on any atom is -0.423 e. The second kappa shape index (κ2) is 5.19. The first-order valence-corrected chi connectivity index (χ1v) is 6.26. The topological polar surface area (TPSA) is 33.5 Å². The second-order valence-corrected chi connectivity index (χ2v) is 4.33. The van der Waals surface area contributed by atoms with Gasteiger partial charge in [0.05, 0.1) is 5.56 Å². The Morgan fingerprint density at radius 3 is 2.35 bits per heavy atom. The number of fused-ring (bicyclic) bond motifs is 1. The van der Waals surface area contributed by atoms with E-state index in [-0.39, 0.29) is 11.0 Å². The van der Waals surface area contributed by atoms with Gasteiger partial charge in [-0.1, -0.05) is 0 Å². The number of rotatable bonds is 3. The molecule has 0 saturated carbocycles. The molecule has 0 spiro atoms. The zero-order valence-corrected chi connectivity index (χ0v) is 11.1. The van der Waals surface area contributed by atoms with E-state index in [0.29, 0.717) is 24.8 Å². The molecular weight excluding hydrogens is 271 g/mol. The van der Waals surface area contributed by atoms with Gasteiger partial charge in [-0.3, -0.25) is 0 Å². The maximum absolute atomic E-state index is 13.0. The van der Waals surface area contributed by atoms with Crippen molar-refractivity contribution in [2.75, 3.05) is 18.0 Å². The van der Waals surface area contributed by atoms with E-state index in [1.54, 1.807) is 6.07 Å². The lowest BCUT2D eigenvalue weighted by Gasteiger charge is -2.21. The summed E-state index contributed by atoms with van der Waals surface area (Å²) < 4.78 is 43.8. The van der Waals surface area contributed by atoms with Gasteiger partial charge in [0.2, 0.25) is 0 Å². The van der Waals surface area contributed by atoms with Gasteiger partial charge >= 0.3 is 11.8 Å².